The highest BCUT2D eigenvalue weighted by Crippen LogP contribution is 2.29. The second kappa shape index (κ2) is 10.7. The van der Waals surface area contributed by atoms with Gasteiger partial charge in [-0.2, -0.15) is 14.0 Å². The van der Waals surface area contributed by atoms with Crippen molar-refractivity contribution in [1.29, 1.82) is 5.26 Å². The van der Waals surface area contributed by atoms with Crippen molar-refractivity contribution in [2.75, 3.05) is 25.2 Å². The molecule has 30 heavy (non-hydrogen) atoms. The molecule has 0 fully saturated rings. The second-order valence-corrected chi connectivity index (χ2v) is 5.73. The average Bonchev–Trinajstić information content (AvgIpc) is 2.73. The van der Waals surface area contributed by atoms with Gasteiger partial charge in [-0.25, -0.2) is 9.18 Å². The quantitative estimate of drug-likeness (QED) is 0.575. The van der Waals surface area contributed by atoms with Crippen LogP contribution in [0.1, 0.15) is 16.8 Å². The molecule has 0 atom stereocenters. The van der Waals surface area contributed by atoms with Crippen LogP contribution in [0.2, 0.25) is 0 Å². The van der Waals surface area contributed by atoms with Gasteiger partial charge in [0.2, 0.25) is 0 Å². The zero-order valence-electron chi connectivity index (χ0n) is 15.8. The molecule has 0 bridgehead atoms. The summed E-state index contributed by atoms with van der Waals surface area (Å²) in [4.78, 5) is 25.7. The lowest BCUT2D eigenvalue weighted by Crippen LogP contribution is -2.36. The minimum Gasteiger partial charge on any atom is -0.493 e. The van der Waals surface area contributed by atoms with E-state index in [1.54, 1.807) is 0 Å². The Bertz CT molecular complexity index is 946. The fraction of sp³-hybridized carbons (Fsp3) is 0.250. The molecule has 0 spiro atoms. The number of carbonyl (C=O) groups excluding carboxylic acids is 2. The lowest BCUT2D eigenvalue weighted by Gasteiger charge is -2.22. The Morgan fingerprint density at radius 3 is 2.53 bits per heavy atom. The van der Waals surface area contributed by atoms with Gasteiger partial charge in [-0.15, -0.1) is 0 Å². The standard InChI is InChI=1S/C20H17F3N2O5/c1-28-17-11-13(7-8-16(17)30-20(22)23)19(27)29-12-18(26)25(10-4-9-24)15-6-3-2-5-14(15)21/h2-3,5-8,11,20H,4,10,12H2,1H3. The predicted molar refractivity (Wildman–Crippen MR) is 98.9 cm³/mol. The van der Waals surface area contributed by atoms with Crippen LogP contribution in [0.15, 0.2) is 42.5 Å². The first kappa shape index (κ1) is 22.5. The molecule has 2 aromatic rings. The number of para-hydroxylation sites is 1. The van der Waals surface area contributed by atoms with Crippen LogP contribution in [-0.2, 0) is 9.53 Å². The molecular weight excluding hydrogens is 405 g/mol. The van der Waals surface area contributed by atoms with Gasteiger partial charge in [0.15, 0.2) is 18.1 Å². The molecule has 0 heterocycles. The number of carbonyl (C=O) groups is 2. The number of rotatable bonds is 9. The number of nitrogens with zero attached hydrogens (tertiary/aromatic N) is 2. The van der Waals surface area contributed by atoms with Crippen LogP contribution in [0.3, 0.4) is 0 Å². The van der Waals surface area contributed by atoms with E-state index in [0.29, 0.717) is 0 Å². The summed E-state index contributed by atoms with van der Waals surface area (Å²) in [6.45, 7) is -3.90. The summed E-state index contributed by atoms with van der Waals surface area (Å²) in [7, 11) is 1.20. The van der Waals surface area contributed by atoms with E-state index >= 15 is 0 Å². The van der Waals surface area contributed by atoms with Crippen LogP contribution in [0.25, 0.3) is 0 Å². The van der Waals surface area contributed by atoms with E-state index in [2.05, 4.69) is 4.74 Å². The Morgan fingerprint density at radius 2 is 1.90 bits per heavy atom. The highest BCUT2D eigenvalue weighted by molar-refractivity contribution is 5.97. The van der Waals surface area contributed by atoms with Crippen LogP contribution in [-0.4, -0.2) is 38.7 Å². The SMILES string of the molecule is COc1cc(C(=O)OCC(=O)N(CCC#N)c2ccccc2F)ccc1OC(F)F. The molecule has 0 aliphatic carbocycles. The summed E-state index contributed by atoms with van der Waals surface area (Å²) in [5.41, 5.74) is -0.125. The van der Waals surface area contributed by atoms with Crippen LogP contribution in [0, 0.1) is 17.1 Å². The van der Waals surface area contributed by atoms with Crippen molar-refractivity contribution in [2.24, 2.45) is 0 Å². The van der Waals surface area contributed by atoms with Gasteiger partial charge in [-0.3, -0.25) is 4.79 Å². The largest absolute Gasteiger partial charge is 0.493 e. The Kier molecular flexibility index (Phi) is 8.05. The van der Waals surface area contributed by atoms with Crippen LogP contribution < -0.4 is 14.4 Å². The average molecular weight is 422 g/mol. The third kappa shape index (κ3) is 5.88. The molecule has 0 aromatic heterocycles. The number of esters is 1. The Morgan fingerprint density at radius 1 is 1.17 bits per heavy atom. The van der Waals surface area contributed by atoms with E-state index in [-0.39, 0.29) is 35.7 Å². The fourth-order valence-corrected chi connectivity index (χ4v) is 2.49. The number of alkyl halides is 2. The minimum absolute atomic E-state index is 0.0519. The number of benzene rings is 2. The molecule has 2 rings (SSSR count). The van der Waals surface area contributed by atoms with E-state index in [1.807, 2.05) is 6.07 Å². The highest BCUT2D eigenvalue weighted by Gasteiger charge is 2.21. The van der Waals surface area contributed by atoms with Crippen molar-refractivity contribution in [3.8, 4) is 17.6 Å². The third-order valence-electron chi connectivity index (χ3n) is 3.83. The maximum atomic E-state index is 14.0. The maximum Gasteiger partial charge on any atom is 0.387 e. The highest BCUT2D eigenvalue weighted by atomic mass is 19.3. The molecule has 0 N–H and O–H groups in total. The summed E-state index contributed by atoms with van der Waals surface area (Å²) >= 11 is 0. The summed E-state index contributed by atoms with van der Waals surface area (Å²) in [6.07, 6.45) is -0.0587. The molecule has 10 heteroatoms. The smallest absolute Gasteiger partial charge is 0.387 e. The number of ether oxygens (including phenoxy) is 3. The van der Waals surface area contributed by atoms with E-state index in [1.165, 1.54) is 25.3 Å². The Hall–Kier alpha value is -3.74. The molecule has 7 nitrogen and oxygen atoms in total. The van der Waals surface area contributed by atoms with E-state index < -0.39 is 30.9 Å². The van der Waals surface area contributed by atoms with E-state index in [4.69, 9.17) is 14.7 Å². The van der Waals surface area contributed by atoms with Crippen molar-refractivity contribution in [3.63, 3.8) is 0 Å². The summed E-state index contributed by atoms with van der Waals surface area (Å²) in [5, 5.41) is 8.77. The number of anilines is 1. The molecule has 0 saturated carbocycles. The van der Waals surface area contributed by atoms with Gasteiger partial charge in [-0.05, 0) is 30.3 Å². The molecule has 0 unspecified atom stereocenters. The number of amides is 1. The molecular formula is C20H17F3N2O5. The van der Waals surface area contributed by atoms with E-state index in [0.717, 1.165) is 29.2 Å². The van der Waals surface area contributed by atoms with Gasteiger partial charge in [0, 0.05) is 6.54 Å². The first-order chi connectivity index (χ1) is 14.4. The van der Waals surface area contributed by atoms with Gasteiger partial charge in [0.25, 0.3) is 5.91 Å². The molecule has 158 valence electrons. The predicted octanol–water partition coefficient (Wildman–Crippen LogP) is 3.54. The van der Waals surface area contributed by atoms with E-state index in [9.17, 15) is 22.8 Å². The van der Waals surface area contributed by atoms with Crippen LogP contribution in [0.4, 0.5) is 18.9 Å². The number of hydrogen-bond donors (Lipinski definition) is 0. The van der Waals surface area contributed by atoms with Gasteiger partial charge in [0.1, 0.15) is 5.82 Å². The van der Waals surface area contributed by atoms with Gasteiger partial charge in [0.05, 0.1) is 30.9 Å². The third-order valence-corrected chi connectivity index (χ3v) is 3.83. The zero-order chi connectivity index (χ0) is 22.1. The number of hydrogen-bond acceptors (Lipinski definition) is 6. The summed E-state index contributed by atoms with van der Waals surface area (Å²) < 4.78 is 52.9. The fourth-order valence-electron chi connectivity index (χ4n) is 2.49. The molecule has 0 aliphatic rings. The number of methoxy groups -OCH3 is 1. The Labute approximate surface area is 170 Å². The molecule has 0 radical (unpaired) electrons. The van der Waals surface area contributed by atoms with Crippen molar-refractivity contribution in [2.45, 2.75) is 13.0 Å². The van der Waals surface area contributed by atoms with Gasteiger partial charge < -0.3 is 19.1 Å². The Balaban J connectivity index is 2.10. The summed E-state index contributed by atoms with van der Waals surface area (Å²) in [6, 6.07) is 10.7. The van der Waals surface area contributed by atoms with Gasteiger partial charge >= 0.3 is 12.6 Å². The molecule has 0 aliphatic heterocycles. The first-order valence-electron chi connectivity index (χ1n) is 8.59. The van der Waals surface area contributed by atoms with Crippen LogP contribution in [0.5, 0.6) is 11.5 Å². The minimum atomic E-state index is -3.08. The number of halogens is 3. The maximum absolute atomic E-state index is 14.0. The lowest BCUT2D eigenvalue weighted by atomic mass is 10.2. The van der Waals surface area contributed by atoms with Crippen molar-refractivity contribution in [1.82, 2.24) is 0 Å². The van der Waals surface area contributed by atoms with Crippen molar-refractivity contribution in [3.05, 3.63) is 53.8 Å². The molecule has 2 aromatic carbocycles. The van der Waals surface area contributed by atoms with Crippen molar-refractivity contribution >= 4 is 17.6 Å². The van der Waals surface area contributed by atoms with Crippen molar-refractivity contribution < 1.29 is 37.0 Å². The van der Waals surface area contributed by atoms with Gasteiger partial charge in [-0.1, -0.05) is 12.1 Å². The molecule has 1 amide bonds. The van der Waals surface area contributed by atoms with Crippen LogP contribution >= 0.6 is 0 Å². The lowest BCUT2D eigenvalue weighted by molar-refractivity contribution is -0.121. The molecule has 0 saturated heterocycles. The monoisotopic (exact) mass is 422 g/mol. The second-order valence-electron chi connectivity index (χ2n) is 5.73. The zero-order valence-corrected chi connectivity index (χ0v) is 15.8. The number of nitriles is 1. The first-order valence-corrected chi connectivity index (χ1v) is 8.59. The summed E-state index contributed by atoms with van der Waals surface area (Å²) in [5.74, 6) is -2.75. The normalized spacial score (nSPS) is 10.3. The topological polar surface area (TPSA) is 88.9 Å².